The molecule has 1 amide bonds. The molecule has 8 heteroatoms. The Balaban J connectivity index is 1.54. The molecule has 0 spiro atoms. The van der Waals surface area contributed by atoms with Gasteiger partial charge < -0.3 is 24.8 Å². The normalized spacial score (nSPS) is 20.0. The molecule has 0 unspecified atom stereocenters. The number of carboxylic acid groups (broad SMARTS) is 1. The van der Waals surface area contributed by atoms with Gasteiger partial charge in [0.15, 0.2) is 0 Å². The summed E-state index contributed by atoms with van der Waals surface area (Å²) in [6.45, 7) is 0.301. The standard InChI is InChI=1S/C24H21FN2O5/c25-13-5-6-19-16(9-13)18-11-26(8-7-20(18)27(19)12-22(29)30)24(32)17-10-21(28)23(31)15-4-2-1-3-14(15)17/h1-6,9-10,21,23,28,31H,7-8,11-12H2,(H,29,30)/t21-,23-/m1/s1. The quantitative estimate of drug-likeness (QED) is 0.584. The van der Waals surface area contributed by atoms with E-state index in [1.165, 1.54) is 18.2 Å². The van der Waals surface area contributed by atoms with E-state index in [9.17, 15) is 29.3 Å². The zero-order chi connectivity index (χ0) is 22.6. The maximum Gasteiger partial charge on any atom is 0.323 e. The highest BCUT2D eigenvalue weighted by atomic mass is 19.1. The molecular weight excluding hydrogens is 415 g/mol. The highest BCUT2D eigenvalue weighted by molar-refractivity contribution is 6.20. The van der Waals surface area contributed by atoms with Crippen LogP contribution in [0.4, 0.5) is 4.39 Å². The third kappa shape index (κ3) is 3.19. The molecule has 32 heavy (non-hydrogen) atoms. The van der Waals surface area contributed by atoms with Crippen LogP contribution in [-0.4, -0.2) is 49.3 Å². The minimum atomic E-state index is -1.20. The summed E-state index contributed by atoms with van der Waals surface area (Å²) in [4.78, 5) is 26.5. The van der Waals surface area contributed by atoms with Crippen molar-refractivity contribution in [3.8, 4) is 0 Å². The Kier molecular flexibility index (Phi) is 4.83. The maximum absolute atomic E-state index is 14.0. The number of aliphatic carboxylic acids is 1. The number of hydrogen-bond acceptors (Lipinski definition) is 4. The first-order valence-corrected chi connectivity index (χ1v) is 10.3. The van der Waals surface area contributed by atoms with Crippen molar-refractivity contribution in [2.45, 2.75) is 31.7 Å². The fourth-order valence-electron chi connectivity index (χ4n) is 4.80. The van der Waals surface area contributed by atoms with Crippen LogP contribution < -0.4 is 0 Å². The van der Waals surface area contributed by atoms with Gasteiger partial charge in [0.25, 0.3) is 5.91 Å². The van der Waals surface area contributed by atoms with Gasteiger partial charge in [0.1, 0.15) is 24.6 Å². The number of aliphatic hydroxyl groups excluding tert-OH is 2. The van der Waals surface area contributed by atoms with Gasteiger partial charge in [-0.2, -0.15) is 0 Å². The van der Waals surface area contributed by atoms with Crippen LogP contribution in [0.5, 0.6) is 0 Å². The van der Waals surface area contributed by atoms with E-state index in [1.54, 1.807) is 39.8 Å². The molecule has 0 saturated carbocycles. The van der Waals surface area contributed by atoms with Gasteiger partial charge in [0, 0.05) is 47.2 Å². The molecule has 1 aromatic heterocycles. The Morgan fingerprint density at radius 1 is 1.12 bits per heavy atom. The van der Waals surface area contributed by atoms with Gasteiger partial charge in [-0.1, -0.05) is 24.3 Å². The molecule has 0 bridgehead atoms. The van der Waals surface area contributed by atoms with Crippen molar-refractivity contribution in [2.24, 2.45) is 0 Å². The average molecular weight is 436 g/mol. The van der Waals surface area contributed by atoms with Crippen molar-refractivity contribution in [1.29, 1.82) is 0 Å². The topological polar surface area (TPSA) is 103 Å². The van der Waals surface area contributed by atoms with Gasteiger partial charge in [0.2, 0.25) is 0 Å². The fraction of sp³-hybridized carbons (Fsp3) is 0.250. The first kappa shape index (κ1) is 20.4. The molecule has 0 fully saturated rings. The molecule has 3 aromatic rings. The molecule has 2 heterocycles. The van der Waals surface area contributed by atoms with Crippen molar-refractivity contribution < 1.29 is 29.3 Å². The highest BCUT2D eigenvalue weighted by Crippen LogP contribution is 2.36. The fourth-order valence-corrected chi connectivity index (χ4v) is 4.80. The maximum atomic E-state index is 14.0. The van der Waals surface area contributed by atoms with Crippen LogP contribution in [0, 0.1) is 5.82 Å². The monoisotopic (exact) mass is 436 g/mol. The molecule has 7 nitrogen and oxygen atoms in total. The van der Waals surface area contributed by atoms with Crippen molar-refractivity contribution in [3.63, 3.8) is 0 Å². The molecule has 1 aliphatic heterocycles. The van der Waals surface area contributed by atoms with Crippen LogP contribution in [0.2, 0.25) is 0 Å². The Hall–Kier alpha value is -3.49. The number of carboxylic acids is 1. The number of carbonyl (C=O) groups excluding carboxylic acids is 1. The predicted molar refractivity (Wildman–Crippen MR) is 114 cm³/mol. The van der Waals surface area contributed by atoms with E-state index in [1.807, 2.05) is 0 Å². The summed E-state index contributed by atoms with van der Waals surface area (Å²) in [5, 5.41) is 30.5. The molecule has 3 N–H and O–H groups in total. The zero-order valence-electron chi connectivity index (χ0n) is 17.0. The summed E-state index contributed by atoms with van der Waals surface area (Å²) in [5.74, 6) is -1.73. The molecule has 164 valence electrons. The Bertz CT molecular complexity index is 1300. The second-order valence-electron chi connectivity index (χ2n) is 8.15. The Morgan fingerprint density at radius 2 is 1.91 bits per heavy atom. The van der Waals surface area contributed by atoms with E-state index >= 15 is 0 Å². The van der Waals surface area contributed by atoms with Crippen LogP contribution in [0.15, 0.2) is 48.5 Å². The number of nitrogens with zero attached hydrogens (tertiary/aromatic N) is 2. The lowest BCUT2D eigenvalue weighted by Crippen LogP contribution is -2.38. The Labute approximate surface area is 182 Å². The highest BCUT2D eigenvalue weighted by Gasteiger charge is 2.34. The number of benzene rings is 2. The smallest absolute Gasteiger partial charge is 0.323 e. The minimum absolute atomic E-state index is 0.193. The summed E-state index contributed by atoms with van der Waals surface area (Å²) in [6, 6.07) is 11.1. The van der Waals surface area contributed by atoms with E-state index in [0.29, 0.717) is 40.6 Å². The predicted octanol–water partition coefficient (Wildman–Crippen LogP) is 2.24. The number of carbonyl (C=O) groups is 2. The second-order valence-corrected chi connectivity index (χ2v) is 8.15. The first-order valence-electron chi connectivity index (χ1n) is 10.3. The summed E-state index contributed by atoms with van der Waals surface area (Å²) in [6.07, 6.45) is -0.508. The van der Waals surface area contributed by atoms with Crippen molar-refractivity contribution in [1.82, 2.24) is 9.47 Å². The van der Waals surface area contributed by atoms with Gasteiger partial charge in [-0.3, -0.25) is 9.59 Å². The number of fused-ring (bicyclic) bond motifs is 4. The Morgan fingerprint density at radius 3 is 2.69 bits per heavy atom. The SMILES string of the molecule is O=C(O)Cn1c2c(c3cc(F)ccc31)CN(C(=O)C1=C[C@@H](O)[C@H](O)c3ccccc31)CC2. The summed E-state index contributed by atoms with van der Waals surface area (Å²) in [7, 11) is 0. The molecule has 0 radical (unpaired) electrons. The van der Waals surface area contributed by atoms with Crippen molar-refractivity contribution >= 4 is 28.4 Å². The molecule has 2 aliphatic rings. The lowest BCUT2D eigenvalue weighted by Gasteiger charge is -2.32. The lowest BCUT2D eigenvalue weighted by atomic mass is 9.86. The van der Waals surface area contributed by atoms with Gasteiger partial charge in [-0.25, -0.2) is 4.39 Å². The molecular formula is C24H21FN2O5. The number of amides is 1. The van der Waals surface area contributed by atoms with Crippen LogP contribution in [-0.2, 0) is 29.1 Å². The van der Waals surface area contributed by atoms with Gasteiger partial charge in [-0.05, 0) is 35.4 Å². The third-order valence-corrected chi connectivity index (χ3v) is 6.26. The van der Waals surface area contributed by atoms with Crippen LogP contribution in [0.3, 0.4) is 0 Å². The molecule has 2 atom stereocenters. The minimum Gasteiger partial charge on any atom is -0.480 e. The lowest BCUT2D eigenvalue weighted by molar-refractivity contribution is -0.137. The summed E-state index contributed by atoms with van der Waals surface area (Å²) >= 11 is 0. The number of aromatic nitrogens is 1. The first-order chi connectivity index (χ1) is 15.3. The van der Waals surface area contributed by atoms with E-state index < -0.39 is 24.0 Å². The molecule has 1 aliphatic carbocycles. The molecule has 2 aromatic carbocycles. The van der Waals surface area contributed by atoms with E-state index in [4.69, 9.17) is 0 Å². The van der Waals surface area contributed by atoms with Crippen LogP contribution in [0.25, 0.3) is 16.5 Å². The van der Waals surface area contributed by atoms with Gasteiger partial charge in [-0.15, -0.1) is 0 Å². The van der Waals surface area contributed by atoms with E-state index in [-0.39, 0.29) is 19.0 Å². The van der Waals surface area contributed by atoms with Crippen molar-refractivity contribution in [3.05, 3.63) is 76.7 Å². The van der Waals surface area contributed by atoms with E-state index in [0.717, 1.165) is 11.3 Å². The average Bonchev–Trinajstić information content (AvgIpc) is 3.07. The van der Waals surface area contributed by atoms with Crippen LogP contribution in [0.1, 0.15) is 28.5 Å². The van der Waals surface area contributed by atoms with Crippen LogP contribution >= 0.6 is 0 Å². The summed E-state index contributed by atoms with van der Waals surface area (Å²) in [5.41, 5.74) is 3.50. The number of halogens is 1. The summed E-state index contributed by atoms with van der Waals surface area (Å²) < 4.78 is 15.7. The second kappa shape index (κ2) is 7.58. The van der Waals surface area contributed by atoms with Gasteiger partial charge in [0.05, 0.1) is 0 Å². The molecule has 0 saturated heterocycles. The largest absolute Gasteiger partial charge is 0.480 e. The number of rotatable bonds is 3. The number of hydrogen-bond donors (Lipinski definition) is 3. The van der Waals surface area contributed by atoms with Crippen molar-refractivity contribution in [2.75, 3.05) is 6.54 Å². The number of aliphatic hydroxyl groups is 2. The zero-order valence-corrected chi connectivity index (χ0v) is 17.0. The third-order valence-electron chi connectivity index (χ3n) is 6.26. The van der Waals surface area contributed by atoms with Gasteiger partial charge >= 0.3 is 5.97 Å². The van der Waals surface area contributed by atoms with E-state index in [2.05, 4.69) is 0 Å². The molecule has 5 rings (SSSR count).